The number of halogens is 1. The largest absolute Gasteiger partial charge is 0.369 e. The molecular weight excluding hydrogens is 271 g/mol. The molecule has 0 amide bonds. The molecule has 1 atom stereocenters. The van der Waals surface area contributed by atoms with Crippen molar-refractivity contribution < 1.29 is 4.39 Å². The van der Waals surface area contributed by atoms with E-state index in [4.69, 9.17) is 5.73 Å². The molecule has 1 aliphatic heterocycles. The Morgan fingerprint density at radius 3 is 2.85 bits per heavy atom. The monoisotopic (exact) mass is 296 g/mol. The predicted octanol–water partition coefficient (Wildman–Crippen LogP) is 3.44. The van der Waals surface area contributed by atoms with Crippen LogP contribution in [0.5, 0.6) is 0 Å². The van der Waals surface area contributed by atoms with Gasteiger partial charge in [0.05, 0.1) is 0 Å². The van der Waals surface area contributed by atoms with Gasteiger partial charge in [0.25, 0.3) is 0 Å². The first-order valence-corrected chi connectivity index (χ1v) is 8.33. The van der Waals surface area contributed by atoms with Crippen LogP contribution in [0.1, 0.15) is 32.8 Å². The van der Waals surface area contributed by atoms with Gasteiger partial charge in [0.15, 0.2) is 0 Å². The molecule has 0 spiro atoms. The minimum Gasteiger partial charge on any atom is -0.369 e. The number of anilines is 1. The van der Waals surface area contributed by atoms with Crippen LogP contribution in [0, 0.1) is 5.82 Å². The Kier molecular flexibility index (Phi) is 4.97. The number of hydrogen-bond acceptors (Lipinski definition) is 3. The van der Waals surface area contributed by atoms with Gasteiger partial charge in [-0.25, -0.2) is 4.39 Å². The summed E-state index contributed by atoms with van der Waals surface area (Å²) >= 11 is 2.01. The summed E-state index contributed by atoms with van der Waals surface area (Å²) in [4.78, 5) is 2.38. The van der Waals surface area contributed by atoms with Crippen molar-refractivity contribution in [3.63, 3.8) is 0 Å². The molecule has 4 heteroatoms. The summed E-state index contributed by atoms with van der Waals surface area (Å²) < 4.78 is 13.8. The fraction of sp³-hybridized carbons (Fsp3) is 0.625. The summed E-state index contributed by atoms with van der Waals surface area (Å²) in [6.07, 6.45) is 1.66. The Balaban J connectivity index is 2.26. The predicted molar refractivity (Wildman–Crippen MR) is 87.1 cm³/mol. The molecule has 0 radical (unpaired) electrons. The smallest absolute Gasteiger partial charge is 0.123 e. The zero-order valence-corrected chi connectivity index (χ0v) is 13.5. The number of nitrogens with zero attached hydrogens (tertiary/aromatic N) is 1. The molecule has 1 unspecified atom stereocenters. The van der Waals surface area contributed by atoms with Gasteiger partial charge in [0.2, 0.25) is 0 Å². The van der Waals surface area contributed by atoms with Gasteiger partial charge >= 0.3 is 0 Å². The number of rotatable bonds is 4. The molecule has 1 aromatic carbocycles. The van der Waals surface area contributed by atoms with Crippen LogP contribution < -0.4 is 10.6 Å². The molecule has 0 aliphatic carbocycles. The maximum Gasteiger partial charge on any atom is 0.123 e. The lowest BCUT2D eigenvalue weighted by Gasteiger charge is -2.40. The highest BCUT2D eigenvalue weighted by Gasteiger charge is 2.28. The molecule has 1 aliphatic rings. The van der Waals surface area contributed by atoms with Gasteiger partial charge in [-0.05, 0) is 50.5 Å². The van der Waals surface area contributed by atoms with Crippen LogP contribution in [0.3, 0.4) is 0 Å². The van der Waals surface area contributed by atoms with E-state index in [2.05, 4.69) is 25.7 Å². The number of benzene rings is 1. The molecule has 0 saturated carbocycles. The summed E-state index contributed by atoms with van der Waals surface area (Å²) in [7, 11) is 0. The van der Waals surface area contributed by atoms with Crippen LogP contribution in [0.15, 0.2) is 18.2 Å². The fourth-order valence-corrected chi connectivity index (χ4v) is 3.79. The van der Waals surface area contributed by atoms with Crippen molar-refractivity contribution in [3.05, 3.63) is 29.6 Å². The van der Waals surface area contributed by atoms with Crippen molar-refractivity contribution in [3.8, 4) is 0 Å². The van der Waals surface area contributed by atoms with Gasteiger partial charge < -0.3 is 10.6 Å². The molecule has 0 aromatic heterocycles. The Hall–Kier alpha value is -0.740. The van der Waals surface area contributed by atoms with Gasteiger partial charge in [0, 0.05) is 35.3 Å². The average molecular weight is 296 g/mol. The van der Waals surface area contributed by atoms with Crippen LogP contribution in [0.25, 0.3) is 0 Å². The van der Waals surface area contributed by atoms with Crippen molar-refractivity contribution in [2.24, 2.45) is 5.73 Å². The highest BCUT2D eigenvalue weighted by atomic mass is 32.2. The van der Waals surface area contributed by atoms with E-state index in [1.807, 2.05) is 17.8 Å². The third kappa shape index (κ3) is 3.89. The second-order valence-electron chi connectivity index (χ2n) is 6.18. The Morgan fingerprint density at radius 1 is 1.45 bits per heavy atom. The highest BCUT2D eigenvalue weighted by Crippen LogP contribution is 2.34. The van der Waals surface area contributed by atoms with Gasteiger partial charge in [-0.1, -0.05) is 6.92 Å². The first kappa shape index (κ1) is 15.6. The minimum absolute atomic E-state index is 0.0997. The number of nitrogens with two attached hydrogens (primary N) is 1. The molecule has 1 fully saturated rings. The molecule has 1 saturated heterocycles. The molecule has 2 rings (SSSR count). The lowest BCUT2D eigenvalue weighted by Crippen LogP contribution is -2.43. The van der Waals surface area contributed by atoms with Crippen LogP contribution in [-0.4, -0.2) is 29.6 Å². The SMILES string of the molecule is CCC(N)Cc1cc(F)ccc1N1CCSC(C)(C)C1. The van der Waals surface area contributed by atoms with E-state index >= 15 is 0 Å². The molecule has 2 nitrogen and oxygen atoms in total. The standard InChI is InChI=1S/C16H25FN2S/c1-4-14(18)10-12-9-13(17)5-6-15(12)19-7-8-20-16(2,3)11-19/h5-6,9,14H,4,7-8,10-11,18H2,1-3H3. The zero-order chi connectivity index (χ0) is 14.8. The van der Waals surface area contributed by atoms with E-state index < -0.39 is 0 Å². The quantitative estimate of drug-likeness (QED) is 0.923. The second-order valence-corrected chi connectivity index (χ2v) is 7.98. The van der Waals surface area contributed by atoms with Gasteiger partial charge in [-0.15, -0.1) is 0 Å². The van der Waals surface area contributed by atoms with E-state index in [9.17, 15) is 4.39 Å². The van der Waals surface area contributed by atoms with Crippen LogP contribution in [0.4, 0.5) is 10.1 Å². The van der Waals surface area contributed by atoms with Crippen molar-refractivity contribution in [2.45, 2.75) is 44.4 Å². The summed E-state index contributed by atoms with van der Waals surface area (Å²) in [5, 5.41) is 0. The summed E-state index contributed by atoms with van der Waals surface area (Å²) in [5.41, 5.74) is 8.26. The maximum absolute atomic E-state index is 13.6. The number of hydrogen-bond donors (Lipinski definition) is 1. The Labute approximate surface area is 125 Å². The normalized spacial score (nSPS) is 19.9. The number of thioether (sulfide) groups is 1. The van der Waals surface area contributed by atoms with Crippen LogP contribution in [-0.2, 0) is 6.42 Å². The summed E-state index contributed by atoms with van der Waals surface area (Å²) in [6.45, 7) is 8.63. The topological polar surface area (TPSA) is 29.3 Å². The first-order valence-electron chi connectivity index (χ1n) is 7.34. The van der Waals surface area contributed by atoms with E-state index in [0.29, 0.717) is 0 Å². The van der Waals surface area contributed by atoms with E-state index in [1.54, 1.807) is 12.1 Å². The molecule has 2 N–H and O–H groups in total. The molecule has 112 valence electrons. The first-order chi connectivity index (χ1) is 9.41. The van der Waals surface area contributed by atoms with Gasteiger partial charge in [-0.3, -0.25) is 0 Å². The average Bonchev–Trinajstić information content (AvgIpc) is 2.37. The lowest BCUT2D eigenvalue weighted by atomic mass is 10.0. The zero-order valence-electron chi connectivity index (χ0n) is 12.7. The van der Waals surface area contributed by atoms with Gasteiger partial charge in [-0.2, -0.15) is 11.8 Å². The second kappa shape index (κ2) is 6.35. The van der Waals surface area contributed by atoms with Crippen molar-refractivity contribution in [1.82, 2.24) is 0 Å². The Morgan fingerprint density at radius 2 is 2.20 bits per heavy atom. The third-order valence-electron chi connectivity index (χ3n) is 3.81. The Bertz CT molecular complexity index is 462. The fourth-order valence-electron chi connectivity index (χ4n) is 2.67. The minimum atomic E-state index is -0.169. The van der Waals surface area contributed by atoms with E-state index in [0.717, 1.165) is 42.9 Å². The van der Waals surface area contributed by atoms with E-state index in [1.165, 1.54) is 0 Å². The summed E-state index contributed by atoms with van der Waals surface area (Å²) in [5.74, 6) is 0.946. The van der Waals surface area contributed by atoms with E-state index in [-0.39, 0.29) is 16.6 Å². The van der Waals surface area contributed by atoms with Crippen molar-refractivity contribution >= 4 is 17.4 Å². The van der Waals surface area contributed by atoms with Gasteiger partial charge in [0.1, 0.15) is 5.82 Å². The summed E-state index contributed by atoms with van der Waals surface area (Å²) in [6, 6.07) is 5.23. The maximum atomic E-state index is 13.6. The van der Waals surface area contributed by atoms with Crippen molar-refractivity contribution in [1.29, 1.82) is 0 Å². The lowest BCUT2D eigenvalue weighted by molar-refractivity contribution is 0.607. The molecule has 20 heavy (non-hydrogen) atoms. The highest BCUT2D eigenvalue weighted by molar-refractivity contribution is 8.00. The molecular formula is C16H25FN2S. The molecule has 1 heterocycles. The molecule has 1 aromatic rings. The third-order valence-corrected chi connectivity index (χ3v) is 5.11. The van der Waals surface area contributed by atoms with Crippen LogP contribution in [0.2, 0.25) is 0 Å². The molecule has 0 bridgehead atoms. The van der Waals surface area contributed by atoms with Crippen molar-refractivity contribution in [2.75, 3.05) is 23.7 Å². The van der Waals surface area contributed by atoms with Crippen LogP contribution >= 0.6 is 11.8 Å².